The zero-order valence-electron chi connectivity index (χ0n) is 6.67. The van der Waals surface area contributed by atoms with Crippen molar-refractivity contribution in [2.45, 2.75) is 11.9 Å². The number of hydrogen-bond donors (Lipinski definition) is 0. The molecule has 0 bridgehead atoms. The molecule has 0 amide bonds. The van der Waals surface area contributed by atoms with E-state index in [0.29, 0.717) is 0 Å². The third-order valence-corrected chi connectivity index (χ3v) is 3.29. The van der Waals surface area contributed by atoms with Crippen LogP contribution >= 0.6 is 27.7 Å². The maximum Gasteiger partial charge on any atom is 0.0939 e. The molecular formula is C7H11BrN2S. The van der Waals surface area contributed by atoms with Crippen LogP contribution in [-0.4, -0.2) is 20.9 Å². The predicted molar refractivity (Wildman–Crippen MR) is 52.5 cm³/mol. The van der Waals surface area contributed by atoms with E-state index in [1.54, 1.807) is 0 Å². The molecule has 11 heavy (non-hydrogen) atoms. The van der Waals surface area contributed by atoms with Gasteiger partial charge in [0.25, 0.3) is 0 Å². The number of aryl methyl sites for hydroxylation is 2. The van der Waals surface area contributed by atoms with E-state index in [-0.39, 0.29) is 0 Å². The molecule has 0 aliphatic rings. The highest BCUT2D eigenvalue weighted by Gasteiger charge is 2.00. The summed E-state index contributed by atoms with van der Waals surface area (Å²) in [6.07, 6.45) is 0. The third-order valence-electron chi connectivity index (χ3n) is 1.29. The Kier molecular flexibility index (Phi) is 3.45. The van der Waals surface area contributed by atoms with Gasteiger partial charge < -0.3 is 0 Å². The molecule has 0 saturated carbocycles. The van der Waals surface area contributed by atoms with Gasteiger partial charge >= 0.3 is 0 Å². The highest BCUT2D eigenvalue weighted by molar-refractivity contribution is 9.09. The zero-order chi connectivity index (χ0) is 8.27. The number of aromatic nitrogens is 2. The van der Waals surface area contributed by atoms with Crippen LogP contribution in [0, 0.1) is 6.92 Å². The van der Waals surface area contributed by atoms with Gasteiger partial charge in [-0.05, 0) is 13.0 Å². The molecule has 0 aliphatic carbocycles. The summed E-state index contributed by atoms with van der Waals surface area (Å²) in [6.45, 7) is 2.01. The highest BCUT2D eigenvalue weighted by Crippen LogP contribution is 2.17. The van der Waals surface area contributed by atoms with Gasteiger partial charge in [-0.1, -0.05) is 15.9 Å². The first-order valence-electron chi connectivity index (χ1n) is 3.43. The summed E-state index contributed by atoms with van der Waals surface area (Å²) < 4.78 is 1.92. The summed E-state index contributed by atoms with van der Waals surface area (Å²) in [5.74, 6) is 1.10. The second-order valence-electron chi connectivity index (χ2n) is 2.29. The molecule has 1 aromatic rings. The first-order chi connectivity index (χ1) is 5.24. The lowest BCUT2D eigenvalue weighted by Gasteiger charge is -1.97. The monoisotopic (exact) mass is 234 g/mol. The van der Waals surface area contributed by atoms with Gasteiger partial charge in [-0.25, -0.2) is 0 Å². The number of halogens is 1. The molecule has 1 heterocycles. The molecule has 1 aromatic heterocycles. The Morgan fingerprint density at radius 1 is 1.73 bits per heavy atom. The molecule has 0 radical (unpaired) electrons. The van der Waals surface area contributed by atoms with Crippen LogP contribution in [0.4, 0.5) is 0 Å². The standard InChI is InChI=1S/C7H11BrN2S/c1-6-5-7(10(2)9-6)11-4-3-8/h5H,3-4H2,1-2H3. The molecular weight excluding hydrogens is 224 g/mol. The van der Waals surface area contributed by atoms with E-state index in [1.165, 1.54) is 5.03 Å². The fourth-order valence-corrected chi connectivity index (χ4v) is 2.12. The van der Waals surface area contributed by atoms with Crippen molar-refractivity contribution in [2.75, 3.05) is 11.1 Å². The summed E-state index contributed by atoms with van der Waals surface area (Å²) in [5.41, 5.74) is 1.09. The van der Waals surface area contributed by atoms with Crippen LogP contribution < -0.4 is 0 Å². The minimum Gasteiger partial charge on any atom is -0.262 e. The first-order valence-corrected chi connectivity index (χ1v) is 5.54. The molecule has 2 nitrogen and oxygen atoms in total. The van der Waals surface area contributed by atoms with E-state index >= 15 is 0 Å². The normalized spacial score (nSPS) is 10.5. The fraction of sp³-hybridized carbons (Fsp3) is 0.571. The molecule has 4 heteroatoms. The highest BCUT2D eigenvalue weighted by atomic mass is 79.9. The molecule has 62 valence electrons. The molecule has 0 fully saturated rings. The van der Waals surface area contributed by atoms with Gasteiger partial charge in [0.1, 0.15) is 0 Å². The molecule has 0 unspecified atom stereocenters. The van der Waals surface area contributed by atoms with E-state index in [4.69, 9.17) is 0 Å². The van der Waals surface area contributed by atoms with Crippen molar-refractivity contribution in [1.29, 1.82) is 0 Å². The number of rotatable bonds is 3. The summed E-state index contributed by atoms with van der Waals surface area (Å²) in [7, 11) is 1.98. The van der Waals surface area contributed by atoms with E-state index in [0.717, 1.165) is 16.8 Å². The van der Waals surface area contributed by atoms with Gasteiger partial charge in [0.15, 0.2) is 0 Å². The minimum atomic E-state index is 1.03. The van der Waals surface area contributed by atoms with Crippen LogP contribution in [0.25, 0.3) is 0 Å². The Morgan fingerprint density at radius 2 is 2.45 bits per heavy atom. The van der Waals surface area contributed by atoms with Crippen LogP contribution in [0.3, 0.4) is 0 Å². The van der Waals surface area contributed by atoms with Gasteiger partial charge in [0.05, 0.1) is 10.7 Å². The van der Waals surface area contributed by atoms with Gasteiger partial charge in [0, 0.05) is 18.1 Å². The van der Waals surface area contributed by atoms with Crippen molar-refractivity contribution in [1.82, 2.24) is 9.78 Å². The SMILES string of the molecule is Cc1cc(SCCBr)n(C)n1. The smallest absolute Gasteiger partial charge is 0.0939 e. The van der Waals surface area contributed by atoms with Gasteiger partial charge in [-0.3, -0.25) is 4.68 Å². The predicted octanol–water partition coefficient (Wildman–Crippen LogP) is 2.22. The summed E-state index contributed by atoms with van der Waals surface area (Å²) in [4.78, 5) is 0. The van der Waals surface area contributed by atoms with E-state index < -0.39 is 0 Å². The number of thioether (sulfide) groups is 1. The maximum absolute atomic E-state index is 4.24. The quantitative estimate of drug-likeness (QED) is 0.590. The Labute approximate surface area is 79.5 Å². The van der Waals surface area contributed by atoms with Crippen LogP contribution in [0.15, 0.2) is 11.1 Å². The second kappa shape index (κ2) is 4.16. The lowest BCUT2D eigenvalue weighted by molar-refractivity contribution is 0.692. The summed E-state index contributed by atoms with van der Waals surface area (Å²) in [6, 6.07) is 2.10. The molecule has 0 N–H and O–H groups in total. The Bertz CT molecular complexity index is 234. The number of nitrogens with zero attached hydrogens (tertiary/aromatic N) is 2. The molecule has 1 rings (SSSR count). The topological polar surface area (TPSA) is 17.8 Å². The third kappa shape index (κ3) is 2.52. The number of alkyl halides is 1. The average Bonchev–Trinajstić information content (AvgIpc) is 2.26. The molecule has 0 saturated heterocycles. The van der Waals surface area contributed by atoms with Crippen molar-refractivity contribution in [3.8, 4) is 0 Å². The first kappa shape index (κ1) is 9.13. The van der Waals surface area contributed by atoms with E-state index in [1.807, 2.05) is 30.4 Å². The number of hydrogen-bond acceptors (Lipinski definition) is 2. The zero-order valence-corrected chi connectivity index (χ0v) is 9.07. The Balaban J connectivity index is 2.62. The second-order valence-corrected chi connectivity index (χ2v) is 4.19. The largest absolute Gasteiger partial charge is 0.262 e. The van der Waals surface area contributed by atoms with Crippen LogP contribution in [-0.2, 0) is 7.05 Å². The molecule has 0 aromatic carbocycles. The molecule has 0 atom stereocenters. The van der Waals surface area contributed by atoms with Gasteiger partial charge in [-0.2, -0.15) is 5.10 Å². The van der Waals surface area contributed by atoms with E-state index in [2.05, 4.69) is 27.1 Å². The molecule has 0 aliphatic heterocycles. The lowest BCUT2D eigenvalue weighted by atomic mass is 10.5. The van der Waals surface area contributed by atoms with E-state index in [9.17, 15) is 0 Å². The van der Waals surface area contributed by atoms with Gasteiger partial charge in [-0.15, -0.1) is 11.8 Å². The van der Waals surface area contributed by atoms with Gasteiger partial charge in [0.2, 0.25) is 0 Å². The van der Waals surface area contributed by atoms with Crippen LogP contribution in [0.1, 0.15) is 5.69 Å². The summed E-state index contributed by atoms with van der Waals surface area (Å²) in [5, 5.41) is 6.51. The van der Waals surface area contributed by atoms with Crippen molar-refractivity contribution >= 4 is 27.7 Å². The van der Waals surface area contributed by atoms with Crippen molar-refractivity contribution < 1.29 is 0 Å². The Morgan fingerprint density at radius 3 is 2.91 bits per heavy atom. The van der Waals surface area contributed by atoms with Crippen molar-refractivity contribution in [3.05, 3.63) is 11.8 Å². The lowest BCUT2D eigenvalue weighted by Crippen LogP contribution is -1.93. The van der Waals surface area contributed by atoms with Crippen molar-refractivity contribution in [3.63, 3.8) is 0 Å². The summed E-state index contributed by atoms with van der Waals surface area (Å²) >= 11 is 5.21. The Hall–Kier alpha value is 0.0400. The maximum atomic E-state index is 4.24. The van der Waals surface area contributed by atoms with Crippen LogP contribution in [0.5, 0.6) is 0 Å². The molecule has 0 spiro atoms. The average molecular weight is 235 g/mol. The van der Waals surface area contributed by atoms with Crippen molar-refractivity contribution in [2.24, 2.45) is 7.05 Å². The fourth-order valence-electron chi connectivity index (χ4n) is 0.865. The van der Waals surface area contributed by atoms with Crippen LogP contribution in [0.2, 0.25) is 0 Å². The minimum absolute atomic E-state index is 1.03.